The monoisotopic (exact) mass is 485 g/mol. The van der Waals surface area contributed by atoms with Gasteiger partial charge in [0.2, 0.25) is 5.62 Å². The molecule has 8 heteroatoms. The van der Waals surface area contributed by atoms with E-state index in [0.29, 0.717) is 17.4 Å². The lowest BCUT2D eigenvalue weighted by Crippen LogP contribution is -2.39. The Balaban J connectivity index is 1.95. The van der Waals surface area contributed by atoms with Crippen LogP contribution < -0.4 is 16.7 Å². The van der Waals surface area contributed by atoms with Crippen molar-refractivity contribution >= 4 is 38.5 Å². The number of nitrogens with two attached hydrogens (primary N) is 1. The zero-order chi connectivity index (χ0) is 22.1. The highest BCUT2D eigenvalue weighted by Crippen LogP contribution is 2.29. The van der Waals surface area contributed by atoms with Gasteiger partial charge < -0.3 is 15.6 Å². The van der Waals surface area contributed by atoms with Crippen LogP contribution in [0.2, 0.25) is 0 Å². The molecule has 2 aromatic heterocycles. The first kappa shape index (κ1) is 22.0. The van der Waals surface area contributed by atoms with Gasteiger partial charge in [-0.2, -0.15) is 10.1 Å². The summed E-state index contributed by atoms with van der Waals surface area (Å²) in [5.41, 5.74) is 11.1. The highest BCUT2D eigenvalue weighted by Gasteiger charge is 2.24. The van der Waals surface area contributed by atoms with E-state index >= 15 is 0 Å². The Bertz CT molecular complexity index is 1110. The van der Waals surface area contributed by atoms with Gasteiger partial charge in [-0.1, -0.05) is 42.6 Å². The Hall–Kier alpha value is -2.19. The predicted molar refractivity (Wildman–Crippen MR) is 130 cm³/mol. The van der Waals surface area contributed by atoms with Crippen LogP contribution in [-0.4, -0.2) is 31.8 Å². The minimum atomic E-state index is 0.0867. The smallest absolute Gasteiger partial charge is 0.227 e. The summed E-state index contributed by atoms with van der Waals surface area (Å²) in [6, 6.07) is 8.42. The van der Waals surface area contributed by atoms with Gasteiger partial charge in [-0.15, -0.1) is 0 Å². The quantitative estimate of drug-likeness (QED) is 0.465. The van der Waals surface area contributed by atoms with Gasteiger partial charge in [0.05, 0.1) is 17.3 Å². The molecule has 4 N–H and O–H groups in total. The van der Waals surface area contributed by atoms with Crippen molar-refractivity contribution in [2.24, 2.45) is 10.7 Å². The van der Waals surface area contributed by atoms with E-state index in [1.165, 1.54) is 12.8 Å². The highest BCUT2D eigenvalue weighted by molar-refractivity contribution is 9.10. The number of fused-ring (bicyclic) bond motifs is 1. The molecule has 1 aliphatic carbocycles. The second-order valence-corrected chi connectivity index (χ2v) is 9.91. The van der Waals surface area contributed by atoms with E-state index in [1.54, 1.807) is 0 Å². The number of benzene rings is 1. The number of H-pyrrole nitrogens is 1. The zero-order valence-corrected chi connectivity index (χ0v) is 20.3. The molecule has 4 rings (SSSR count). The molecule has 7 nitrogen and oxygen atoms in total. The topological polar surface area (TPSA) is 96.9 Å². The predicted octanol–water partition coefficient (Wildman–Crippen LogP) is 5.14. The van der Waals surface area contributed by atoms with Crippen molar-refractivity contribution in [1.82, 2.24) is 19.7 Å². The van der Waals surface area contributed by atoms with E-state index in [2.05, 4.69) is 63.7 Å². The van der Waals surface area contributed by atoms with Crippen LogP contribution in [0, 0.1) is 0 Å². The molecule has 166 valence electrons. The summed E-state index contributed by atoms with van der Waals surface area (Å²) in [5, 5.41) is 11.4. The number of halogens is 1. The van der Waals surface area contributed by atoms with Crippen molar-refractivity contribution in [3.8, 4) is 0 Å². The van der Waals surface area contributed by atoms with E-state index in [0.717, 1.165) is 39.7 Å². The maximum Gasteiger partial charge on any atom is 0.227 e. The number of anilines is 2. The third-order valence-electron chi connectivity index (χ3n) is 5.92. The number of hydrogen-bond acceptors (Lipinski definition) is 5. The number of rotatable bonds is 5. The van der Waals surface area contributed by atoms with Crippen molar-refractivity contribution in [3.63, 3.8) is 0 Å². The summed E-state index contributed by atoms with van der Waals surface area (Å²) in [7, 11) is 0. The molecule has 0 bridgehead atoms. The van der Waals surface area contributed by atoms with Crippen LogP contribution in [0.1, 0.15) is 71.0 Å². The third-order valence-corrected chi connectivity index (χ3v) is 6.45. The normalized spacial score (nSPS) is 20.2. The molecule has 2 atom stereocenters. The minimum absolute atomic E-state index is 0.0867. The molecular formula is C23H32BrN7. The van der Waals surface area contributed by atoms with Crippen LogP contribution >= 0.6 is 15.9 Å². The van der Waals surface area contributed by atoms with Gasteiger partial charge in [0.25, 0.3) is 0 Å². The van der Waals surface area contributed by atoms with Crippen LogP contribution in [0.4, 0.5) is 11.5 Å². The van der Waals surface area contributed by atoms with Crippen LogP contribution in [0.3, 0.4) is 0 Å². The van der Waals surface area contributed by atoms with Crippen LogP contribution in [0.5, 0.6) is 0 Å². The van der Waals surface area contributed by atoms with E-state index in [4.69, 9.17) is 15.7 Å². The molecule has 0 saturated heterocycles. The summed E-state index contributed by atoms with van der Waals surface area (Å²) in [4.78, 5) is 10.1. The first-order valence-corrected chi connectivity index (χ1v) is 12.0. The lowest BCUT2D eigenvalue weighted by Gasteiger charge is -2.25. The molecule has 0 spiro atoms. The number of aromatic amines is 1. The molecule has 2 heterocycles. The third kappa shape index (κ3) is 4.55. The van der Waals surface area contributed by atoms with E-state index < -0.39 is 0 Å². The second-order valence-electron chi connectivity index (χ2n) is 8.99. The molecule has 0 radical (unpaired) electrons. The number of nitrogens with one attached hydrogen (secondary N) is 2. The first-order chi connectivity index (χ1) is 14.8. The van der Waals surface area contributed by atoms with Crippen LogP contribution in [-0.2, 0) is 0 Å². The Morgan fingerprint density at radius 3 is 2.52 bits per heavy atom. The molecule has 1 fully saturated rings. The van der Waals surface area contributed by atoms with Gasteiger partial charge in [-0.25, -0.2) is 4.99 Å². The average Bonchev–Trinajstić information content (AvgIpc) is 3.16. The molecule has 3 aromatic rings. The molecular weight excluding hydrogens is 454 g/mol. The van der Waals surface area contributed by atoms with Crippen molar-refractivity contribution in [2.75, 3.05) is 5.32 Å². The van der Waals surface area contributed by atoms with E-state index in [9.17, 15) is 0 Å². The summed E-state index contributed by atoms with van der Waals surface area (Å²) < 4.78 is 3.24. The molecule has 1 aromatic carbocycles. The molecule has 2 unspecified atom stereocenters. The van der Waals surface area contributed by atoms with E-state index in [1.807, 2.05) is 24.3 Å². The van der Waals surface area contributed by atoms with Crippen LogP contribution in [0.25, 0.3) is 11.0 Å². The first-order valence-electron chi connectivity index (χ1n) is 11.2. The Morgan fingerprint density at radius 1 is 1.16 bits per heavy atom. The SMILES string of the molecule is CC(C)c1[nH]nc2c(Nc3ccc(Br)cc3)nc(=NC3CCCCC3N)n(C(C)C)c12. The highest BCUT2D eigenvalue weighted by atomic mass is 79.9. The number of nitrogens with zero attached hydrogens (tertiary/aromatic N) is 4. The average molecular weight is 486 g/mol. The number of aromatic nitrogens is 4. The lowest BCUT2D eigenvalue weighted by atomic mass is 9.91. The van der Waals surface area contributed by atoms with Crippen molar-refractivity contribution in [2.45, 2.75) is 77.4 Å². The van der Waals surface area contributed by atoms with Gasteiger partial charge in [-0.3, -0.25) is 5.10 Å². The largest absolute Gasteiger partial charge is 0.338 e. The fourth-order valence-corrected chi connectivity index (χ4v) is 4.52. The van der Waals surface area contributed by atoms with Gasteiger partial charge >= 0.3 is 0 Å². The summed E-state index contributed by atoms with van der Waals surface area (Å²) in [6.45, 7) is 8.68. The molecule has 0 amide bonds. The Labute approximate surface area is 191 Å². The maximum absolute atomic E-state index is 6.43. The standard InChI is InChI=1S/C23H32BrN7/c1-13(2)19-21-20(30-29-19)22(26-16-11-9-15(24)10-12-16)28-23(31(21)14(3)4)27-18-8-6-5-7-17(18)25/h9-14,17-18H,5-8,25H2,1-4H3,(H,29,30)(H,26,27,28). The van der Waals surface area contributed by atoms with Crippen molar-refractivity contribution in [1.29, 1.82) is 0 Å². The minimum Gasteiger partial charge on any atom is -0.338 e. The molecule has 0 aliphatic heterocycles. The molecule has 1 aliphatic rings. The van der Waals surface area contributed by atoms with Gasteiger partial charge in [0, 0.05) is 22.2 Å². The Kier molecular flexibility index (Phi) is 6.48. The number of hydrogen-bond donors (Lipinski definition) is 3. The van der Waals surface area contributed by atoms with Crippen molar-refractivity contribution in [3.05, 3.63) is 40.1 Å². The fraction of sp³-hybridized carbons (Fsp3) is 0.522. The van der Waals surface area contributed by atoms with Gasteiger partial charge in [0.1, 0.15) is 0 Å². The summed E-state index contributed by atoms with van der Waals surface area (Å²) >= 11 is 3.50. The summed E-state index contributed by atoms with van der Waals surface area (Å²) in [5.74, 6) is 1.00. The lowest BCUT2D eigenvalue weighted by molar-refractivity contribution is 0.375. The molecule has 31 heavy (non-hydrogen) atoms. The molecule has 1 saturated carbocycles. The second kappa shape index (κ2) is 9.12. The van der Waals surface area contributed by atoms with Gasteiger partial charge in [0.15, 0.2) is 11.3 Å². The van der Waals surface area contributed by atoms with Crippen LogP contribution in [0.15, 0.2) is 33.7 Å². The van der Waals surface area contributed by atoms with E-state index in [-0.39, 0.29) is 18.1 Å². The maximum atomic E-state index is 6.43. The van der Waals surface area contributed by atoms with Crippen molar-refractivity contribution < 1.29 is 0 Å². The Morgan fingerprint density at radius 2 is 1.87 bits per heavy atom. The fourth-order valence-electron chi connectivity index (χ4n) is 4.25. The summed E-state index contributed by atoms with van der Waals surface area (Å²) in [6.07, 6.45) is 4.38. The van der Waals surface area contributed by atoms with Gasteiger partial charge in [-0.05, 0) is 56.9 Å². The zero-order valence-electron chi connectivity index (χ0n) is 18.7.